The van der Waals surface area contributed by atoms with Gasteiger partial charge in [0.05, 0.1) is 11.3 Å². The van der Waals surface area contributed by atoms with E-state index in [-0.39, 0.29) is 5.84 Å². The van der Waals surface area contributed by atoms with Gasteiger partial charge >= 0.3 is 0 Å². The van der Waals surface area contributed by atoms with Gasteiger partial charge in [-0.1, -0.05) is 6.07 Å². The van der Waals surface area contributed by atoms with Crippen LogP contribution in [0.2, 0.25) is 0 Å². The molecule has 4 nitrogen and oxygen atoms in total. The number of benzene rings is 1. The molecule has 0 bridgehead atoms. The molecule has 1 aromatic carbocycles. The first kappa shape index (κ1) is 9.92. The van der Waals surface area contributed by atoms with Crippen LogP contribution in [0.25, 0.3) is 5.69 Å². The van der Waals surface area contributed by atoms with E-state index in [1.165, 1.54) is 0 Å². The van der Waals surface area contributed by atoms with E-state index in [9.17, 15) is 0 Å². The summed E-state index contributed by atoms with van der Waals surface area (Å²) in [6, 6.07) is 7.43. The highest BCUT2D eigenvalue weighted by Gasteiger charge is 2.10. The highest BCUT2D eigenvalue weighted by atomic mass is 79.9. The monoisotopic (exact) mass is 264 g/mol. The topological polar surface area (TPSA) is 67.7 Å². The number of hydrogen-bond acceptors (Lipinski definition) is 2. The SMILES string of the molecule is N=C(N)c1c(Br)cccc1-n1cccn1. The molecule has 0 radical (unpaired) electrons. The summed E-state index contributed by atoms with van der Waals surface area (Å²) in [6.45, 7) is 0. The van der Waals surface area contributed by atoms with Crippen LogP contribution in [0, 0.1) is 5.41 Å². The second kappa shape index (κ2) is 3.86. The van der Waals surface area contributed by atoms with Gasteiger partial charge in [0.15, 0.2) is 0 Å². The number of halogens is 1. The van der Waals surface area contributed by atoms with Gasteiger partial charge in [-0.3, -0.25) is 5.41 Å². The lowest BCUT2D eigenvalue weighted by atomic mass is 10.1. The van der Waals surface area contributed by atoms with E-state index in [1.54, 1.807) is 10.9 Å². The number of nitrogens with one attached hydrogen (secondary N) is 1. The van der Waals surface area contributed by atoms with E-state index in [2.05, 4.69) is 21.0 Å². The van der Waals surface area contributed by atoms with Crippen molar-refractivity contribution in [2.24, 2.45) is 5.73 Å². The van der Waals surface area contributed by atoms with Crippen molar-refractivity contribution in [3.8, 4) is 5.69 Å². The maximum absolute atomic E-state index is 7.53. The van der Waals surface area contributed by atoms with Gasteiger partial charge < -0.3 is 5.73 Å². The number of aromatic nitrogens is 2. The summed E-state index contributed by atoms with van der Waals surface area (Å²) >= 11 is 3.37. The van der Waals surface area contributed by atoms with Crippen molar-refractivity contribution in [3.63, 3.8) is 0 Å². The molecule has 3 N–H and O–H groups in total. The minimum absolute atomic E-state index is 0.0213. The fourth-order valence-electron chi connectivity index (χ4n) is 1.38. The average molecular weight is 265 g/mol. The second-order valence-electron chi connectivity index (χ2n) is 3.00. The number of rotatable bonds is 2. The highest BCUT2D eigenvalue weighted by molar-refractivity contribution is 9.10. The lowest BCUT2D eigenvalue weighted by molar-refractivity contribution is 0.877. The predicted molar refractivity (Wildman–Crippen MR) is 62.3 cm³/mol. The molecule has 0 atom stereocenters. The van der Waals surface area contributed by atoms with Crippen molar-refractivity contribution in [1.29, 1.82) is 5.41 Å². The van der Waals surface area contributed by atoms with Gasteiger partial charge in [-0.2, -0.15) is 5.10 Å². The molecular weight excluding hydrogens is 256 g/mol. The Labute approximate surface area is 95.4 Å². The smallest absolute Gasteiger partial charge is 0.126 e. The molecule has 0 saturated heterocycles. The predicted octanol–water partition coefficient (Wildman–Crippen LogP) is 1.92. The Bertz CT molecular complexity index is 490. The summed E-state index contributed by atoms with van der Waals surface area (Å²) in [5.41, 5.74) is 6.98. The molecule has 76 valence electrons. The summed E-state index contributed by atoms with van der Waals surface area (Å²) in [7, 11) is 0. The molecule has 5 heteroatoms. The molecule has 0 unspecified atom stereocenters. The summed E-state index contributed by atoms with van der Waals surface area (Å²) in [4.78, 5) is 0. The minimum Gasteiger partial charge on any atom is -0.384 e. The Morgan fingerprint density at radius 1 is 1.40 bits per heavy atom. The average Bonchev–Trinajstić information content (AvgIpc) is 2.69. The van der Waals surface area contributed by atoms with Gasteiger partial charge in [0, 0.05) is 16.9 Å². The molecule has 0 saturated carbocycles. The summed E-state index contributed by atoms with van der Waals surface area (Å²) < 4.78 is 2.48. The second-order valence-corrected chi connectivity index (χ2v) is 3.85. The summed E-state index contributed by atoms with van der Waals surface area (Å²) in [5, 5.41) is 11.6. The van der Waals surface area contributed by atoms with Gasteiger partial charge in [-0.15, -0.1) is 0 Å². The third-order valence-electron chi connectivity index (χ3n) is 2.01. The normalized spacial score (nSPS) is 10.2. The molecule has 0 fully saturated rings. The van der Waals surface area contributed by atoms with Crippen molar-refractivity contribution < 1.29 is 0 Å². The van der Waals surface area contributed by atoms with E-state index < -0.39 is 0 Å². The van der Waals surface area contributed by atoms with Crippen LogP contribution in [0.15, 0.2) is 41.1 Å². The van der Waals surface area contributed by atoms with E-state index in [0.717, 1.165) is 10.2 Å². The van der Waals surface area contributed by atoms with Gasteiger partial charge in [-0.25, -0.2) is 4.68 Å². The molecule has 2 aromatic rings. The largest absolute Gasteiger partial charge is 0.384 e. The third kappa shape index (κ3) is 1.78. The standard InChI is InChI=1S/C10H9BrN4/c11-7-3-1-4-8(9(7)10(12)13)15-6-2-5-14-15/h1-6H,(H3,12,13). The Morgan fingerprint density at radius 3 is 2.80 bits per heavy atom. The molecule has 1 aromatic heterocycles. The molecule has 0 aliphatic rings. The van der Waals surface area contributed by atoms with Gasteiger partial charge in [0.25, 0.3) is 0 Å². The van der Waals surface area contributed by atoms with Gasteiger partial charge in [0.1, 0.15) is 5.84 Å². The zero-order valence-corrected chi connectivity index (χ0v) is 9.40. The number of amidine groups is 1. The number of hydrogen-bond donors (Lipinski definition) is 2. The highest BCUT2D eigenvalue weighted by Crippen LogP contribution is 2.22. The van der Waals surface area contributed by atoms with E-state index in [1.807, 2.05) is 30.5 Å². The van der Waals surface area contributed by atoms with Crippen LogP contribution in [0.5, 0.6) is 0 Å². The van der Waals surface area contributed by atoms with Crippen LogP contribution in [-0.4, -0.2) is 15.6 Å². The van der Waals surface area contributed by atoms with Crippen molar-refractivity contribution in [2.45, 2.75) is 0 Å². The zero-order valence-electron chi connectivity index (χ0n) is 7.81. The maximum Gasteiger partial charge on any atom is 0.126 e. The van der Waals surface area contributed by atoms with Crippen LogP contribution < -0.4 is 5.73 Å². The van der Waals surface area contributed by atoms with Gasteiger partial charge in [0.2, 0.25) is 0 Å². The van der Waals surface area contributed by atoms with Crippen molar-refractivity contribution in [1.82, 2.24) is 9.78 Å². The zero-order chi connectivity index (χ0) is 10.8. The fraction of sp³-hybridized carbons (Fsp3) is 0. The summed E-state index contributed by atoms with van der Waals surface area (Å²) in [5.74, 6) is 0.0213. The van der Waals surface area contributed by atoms with Crippen LogP contribution >= 0.6 is 15.9 Å². The Morgan fingerprint density at radius 2 is 2.20 bits per heavy atom. The van der Waals surface area contributed by atoms with E-state index in [0.29, 0.717) is 5.56 Å². The van der Waals surface area contributed by atoms with Crippen LogP contribution in [0.4, 0.5) is 0 Å². The van der Waals surface area contributed by atoms with Crippen molar-refractivity contribution in [3.05, 3.63) is 46.7 Å². The molecular formula is C10H9BrN4. The fourth-order valence-corrected chi connectivity index (χ4v) is 1.95. The Hall–Kier alpha value is -1.62. The molecule has 0 aliphatic heterocycles. The third-order valence-corrected chi connectivity index (χ3v) is 2.67. The molecule has 1 heterocycles. The minimum atomic E-state index is 0.0213. The first-order valence-corrected chi connectivity index (χ1v) is 5.12. The number of nitrogens with zero attached hydrogens (tertiary/aromatic N) is 2. The van der Waals surface area contributed by atoms with E-state index >= 15 is 0 Å². The van der Waals surface area contributed by atoms with Crippen LogP contribution in [0.1, 0.15) is 5.56 Å². The molecule has 15 heavy (non-hydrogen) atoms. The molecule has 0 aliphatic carbocycles. The van der Waals surface area contributed by atoms with E-state index in [4.69, 9.17) is 11.1 Å². The lowest BCUT2D eigenvalue weighted by Gasteiger charge is -2.09. The molecule has 2 rings (SSSR count). The first-order chi connectivity index (χ1) is 7.20. The Balaban J connectivity index is 2.66. The number of nitrogen functional groups attached to an aromatic ring is 1. The maximum atomic E-state index is 7.53. The number of nitrogens with two attached hydrogens (primary N) is 1. The first-order valence-electron chi connectivity index (χ1n) is 4.33. The van der Waals surface area contributed by atoms with Gasteiger partial charge in [-0.05, 0) is 34.1 Å². The van der Waals surface area contributed by atoms with Crippen LogP contribution in [0.3, 0.4) is 0 Å². The van der Waals surface area contributed by atoms with Crippen LogP contribution in [-0.2, 0) is 0 Å². The quantitative estimate of drug-likeness (QED) is 0.643. The molecule has 0 spiro atoms. The Kier molecular flexibility index (Phi) is 2.55. The summed E-state index contributed by atoms with van der Waals surface area (Å²) in [6.07, 6.45) is 3.50. The molecule has 0 amide bonds. The lowest BCUT2D eigenvalue weighted by Crippen LogP contribution is -2.15. The van der Waals surface area contributed by atoms with Crippen molar-refractivity contribution in [2.75, 3.05) is 0 Å². The van der Waals surface area contributed by atoms with Crippen molar-refractivity contribution >= 4 is 21.8 Å².